The Hall–Kier alpha value is -4.62. The van der Waals surface area contributed by atoms with E-state index in [4.69, 9.17) is 9.47 Å². The molecule has 49 heavy (non-hydrogen) atoms. The van der Waals surface area contributed by atoms with Gasteiger partial charge in [-0.3, -0.25) is 9.69 Å². The minimum Gasteiger partial charge on any atom is -0.478 e. The molecule has 1 aromatic heterocycles. The second-order valence-corrected chi connectivity index (χ2v) is 14.6. The Morgan fingerprint density at radius 1 is 1.04 bits per heavy atom. The number of hydrogen-bond acceptors (Lipinski definition) is 10. The third-order valence-corrected chi connectivity index (χ3v) is 11.4. The van der Waals surface area contributed by atoms with Crippen molar-refractivity contribution in [2.75, 3.05) is 76.5 Å². The largest absolute Gasteiger partial charge is 0.478 e. The molecule has 256 valence electrons. The summed E-state index contributed by atoms with van der Waals surface area (Å²) < 4.78 is 53.9. The third-order valence-electron chi connectivity index (χ3n) is 9.65. The van der Waals surface area contributed by atoms with Gasteiger partial charge in [-0.25, -0.2) is 22.6 Å². The summed E-state index contributed by atoms with van der Waals surface area (Å²) in [5, 5.41) is 12.7. The van der Waals surface area contributed by atoms with E-state index in [9.17, 15) is 27.7 Å². The topological polar surface area (TPSA) is 148 Å². The number of nitrogens with zero attached hydrogens (tertiary/aromatic N) is 6. The highest BCUT2D eigenvalue weighted by Gasteiger charge is 2.60. The van der Waals surface area contributed by atoms with Gasteiger partial charge in [-0.2, -0.15) is 9.57 Å². The van der Waals surface area contributed by atoms with Crippen LogP contribution in [0.25, 0.3) is 0 Å². The molecule has 1 N–H and O–H groups in total. The molecule has 0 bridgehead atoms. The summed E-state index contributed by atoms with van der Waals surface area (Å²) in [7, 11) is -4.63. The van der Waals surface area contributed by atoms with Gasteiger partial charge in [0.05, 0.1) is 47.6 Å². The van der Waals surface area contributed by atoms with Crippen LogP contribution >= 0.6 is 0 Å². The predicted octanol–water partition coefficient (Wildman–Crippen LogP) is 2.13. The van der Waals surface area contributed by atoms with E-state index in [2.05, 4.69) is 20.1 Å². The van der Waals surface area contributed by atoms with E-state index >= 15 is 0 Å². The Labute approximate surface area is 283 Å². The molecule has 13 nitrogen and oxygen atoms in total. The lowest BCUT2D eigenvalue weighted by molar-refractivity contribution is -0.122. The van der Waals surface area contributed by atoms with E-state index in [1.165, 1.54) is 24.4 Å². The van der Waals surface area contributed by atoms with Gasteiger partial charge in [-0.05, 0) is 61.5 Å². The molecule has 3 aromatic rings. The van der Waals surface area contributed by atoms with E-state index < -0.39 is 33.3 Å². The van der Waals surface area contributed by atoms with Gasteiger partial charge in [0.2, 0.25) is 5.88 Å². The lowest BCUT2D eigenvalue weighted by atomic mass is 9.73. The quantitative estimate of drug-likeness (QED) is 0.354. The van der Waals surface area contributed by atoms with Crippen LogP contribution in [0.2, 0.25) is 0 Å². The van der Waals surface area contributed by atoms with Gasteiger partial charge >= 0.3 is 6.03 Å². The molecule has 4 aliphatic heterocycles. The molecule has 1 atom stereocenters. The monoisotopic (exact) mass is 689 g/mol. The van der Waals surface area contributed by atoms with Crippen LogP contribution in [0, 0.1) is 22.6 Å². The average molecular weight is 690 g/mol. The normalized spacial score (nSPS) is 21.9. The van der Waals surface area contributed by atoms with E-state index in [0.717, 1.165) is 76.7 Å². The van der Waals surface area contributed by atoms with Crippen molar-refractivity contribution in [3.63, 3.8) is 0 Å². The van der Waals surface area contributed by atoms with Crippen LogP contribution in [0.3, 0.4) is 0 Å². The van der Waals surface area contributed by atoms with E-state index in [0.29, 0.717) is 17.4 Å². The molecule has 3 saturated heterocycles. The smallest absolute Gasteiger partial charge is 0.318 e. The minimum absolute atomic E-state index is 0.0166. The standard InChI is InChI=1S/C34H36FN7O6S/c1-2-48-30-27(4-3-11-37-30)34(38-32(44)41-22-33(23-41)20-40(21-33)13-12-39-14-16-47-17-15-39)28-18-24(19-36)5-10-29(28)42(31(34)43)49(45,46)26-8-6-25(35)7-9-26/h3-11,18H,2,12-17,20-23H2,1H3,(H,38,44)/t34-/m1/s1. The van der Waals surface area contributed by atoms with Crippen molar-refractivity contribution in [3.8, 4) is 11.9 Å². The second kappa shape index (κ2) is 12.7. The molecule has 7 rings (SSSR count). The summed E-state index contributed by atoms with van der Waals surface area (Å²) in [5.74, 6) is -1.65. The highest BCUT2D eigenvalue weighted by atomic mass is 32.2. The van der Waals surface area contributed by atoms with Gasteiger partial charge < -0.3 is 24.6 Å². The first-order chi connectivity index (χ1) is 23.6. The summed E-state index contributed by atoms with van der Waals surface area (Å²) >= 11 is 0. The van der Waals surface area contributed by atoms with Crippen LogP contribution in [0.1, 0.15) is 23.6 Å². The molecule has 4 aliphatic rings. The molecule has 0 unspecified atom stereocenters. The Morgan fingerprint density at radius 2 is 1.76 bits per heavy atom. The number of anilines is 1. The Morgan fingerprint density at radius 3 is 2.45 bits per heavy atom. The molecule has 2 aromatic carbocycles. The van der Waals surface area contributed by atoms with Crippen molar-refractivity contribution in [1.82, 2.24) is 25.0 Å². The number of benzene rings is 2. The minimum atomic E-state index is -4.63. The molecule has 15 heteroatoms. The third kappa shape index (κ3) is 5.68. The molecule has 3 fully saturated rings. The molecule has 1 spiro atoms. The van der Waals surface area contributed by atoms with Gasteiger partial charge in [0.25, 0.3) is 15.9 Å². The van der Waals surface area contributed by atoms with E-state index in [1.54, 1.807) is 24.0 Å². The fraction of sp³-hybridized carbons (Fsp3) is 0.412. The molecular weight excluding hydrogens is 653 g/mol. The second-order valence-electron chi connectivity index (χ2n) is 12.9. The maximum absolute atomic E-state index is 14.9. The number of fused-ring (bicyclic) bond motifs is 1. The van der Waals surface area contributed by atoms with Crippen LogP contribution in [0.5, 0.6) is 5.88 Å². The van der Waals surface area contributed by atoms with Crippen molar-refractivity contribution < 1.29 is 31.9 Å². The highest BCUT2D eigenvalue weighted by molar-refractivity contribution is 7.93. The molecule has 3 amide bonds. The number of rotatable bonds is 9. The maximum Gasteiger partial charge on any atom is 0.318 e. The first kappa shape index (κ1) is 32.9. The Balaban J connectivity index is 1.21. The first-order valence-corrected chi connectivity index (χ1v) is 17.6. The van der Waals surface area contributed by atoms with Gasteiger partial charge in [0.1, 0.15) is 5.82 Å². The number of sulfonamides is 1. The zero-order valence-electron chi connectivity index (χ0n) is 27.0. The number of likely N-dealkylation sites (tertiary alicyclic amines) is 2. The van der Waals surface area contributed by atoms with Gasteiger partial charge in [-0.15, -0.1) is 0 Å². The number of ether oxygens (including phenoxy) is 2. The number of halogens is 1. The summed E-state index contributed by atoms with van der Waals surface area (Å²) in [6.07, 6.45) is 1.46. The van der Waals surface area contributed by atoms with E-state index in [-0.39, 0.29) is 45.2 Å². The van der Waals surface area contributed by atoms with Crippen LogP contribution in [0.4, 0.5) is 14.9 Å². The predicted molar refractivity (Wildman–Crippen MR) is 175 cm³/mol. The van der Waals surface area contributed by atoms with Crippen LogP contribution in [-0.4, -0.2) is 112 Å². The number of amides is 3. The first-order valence-electron chi connectivity index (χ1n) is 16.2. The van der Waals surface area contributed by atoms with Crippen molar-refractivity contribution in [3.05, 3.63) is 83.3 Å². The summed E-state index contributed by atoms with van der Waals surface area (Å²) in [4.78, 5) is 39.4. The number of carbonyl (C=O) groups is 2. The highest BCUT2D eigenvalue weighted by Crippen LogP contribution is 2.50. The fourth-order valence-electron chi connectivity index (χ4n) is 7.30. The molecule has 0 radical (unpaired) electrons. The zero-order valence-corrected chi connectivity index (χ0v) is 27.8. The van der Waals surface area contributed by atoms with Gasteiger partial charge in [0, 0.05) is 69.5 Å². The molecular formula is C34H36FN7O6S. The van der Waals surface area contributed by atoms with Crippen molar-refractivity contribution in [2.24, 2.45) is 5.41 Å². The average Bonchev–Trinajstić information content (AvgIpc) is 3.31. The molecule has 5 heterocycles. The maximum atomic E-state index is 14.9. The van der Waals surface area contributed by atoms with Gasteiger partial charge in [0.15, 0.2) is 5.54 Å². The van der Waals surface area contributed by atoms with Crippen molar-refractivity contribution in [2.45, 2.75) is 17.4 Å². The van der Waals surface area contributed by atoms with Gasteiger partial charge in [-0.1, -0.05) is 0 Å². The summed E-state index contributed by atoms with van der Waals surface area (Å²) in [6, 6.07) is 12.8. The van der Waals surface area contributed by atoms with Crippen LogP contribution in [0.15, 0.2) is 65.7 Å². The fourth-order valence-corrected chi connectivity index (χ4v) is 8.77. The zero-order chi connectivity index (χ0) is 34.4. The number of hydrogen-bond donors (Lipinski definition) is 1. The summed E-state index contributed by atoms with van der Waals surface area (Å²) in [5.41, 5.74) is -1.94. The lowest BCUT2D eigenvalue weighted by Crippen LogP contribution is -2.74. The number of aromatic nitrogens is 1. The SMILES string of the molecule is CCOc1ncccc1[C@]1(NC(=O)N2CC3(CN(CCN4CCOCC4)C3)C2)C(=O)N(S(=O)(=O)c2ccc(F)cc2)c2ccc(C#N)cc21. The lowest BCUT2D eigenvalue weighted by Gasteiger charge is -2.60. The summed E-state index contributed by atoms with van der Waals surface area (Å²) in [6.45, 7) is 9.77. The molecule has 0 saturated carbocycles. The number of nitriles is 1. The number of carbonyl (C=O) groups excluding carboxylic acids is 2. The number of pyridine rings is 1. The number of morpholine rings is 1. The Bertz CT molecular complexity index is 1920. The number of urea groups is 1. The van der Waals surface area contributed by atoms with Crippen LogP contribution in [-0.2, 0) is 25.1 Å². The van der Waals surface area contributed by atoms with Crippen molar-refractivity contribution in [1.29, 1.82) is 5.26 Å². The molecule has 0 aliphatic carbocycles. The van der Waals surface area contributed by atoms with E-state index in [1.807, 2.05) is 6.07 Å². The van der Waals surface area contributed by atoms with Crippen molar-refractivity contribution >= 4 is 27.6 Å². The number of nitrogens with one attached hydrogen (secondary N) is 1. The Kier molecular flexibility index (Phi) is 8.52. The van der Waals surface area contributed by atoms with Crippen LogP contribution < -0.4 is 14.4 Å².